The fourth-order valence-electron chi connectivity index (χ4n) is 6.52. The number of fused-ring (bicyclic) bond motifs is 1. The standard InChI is InChI=1S/C36H48N2O7S/c1-7-25-18-28(31-20-33(45-6)32(44-5)19-29(31)13-15-35(40)41)12-14-34(25)46(42,43)38(4)23-30(39)22-37-36(2,3)21-24-16-26-10-8-9-11-27(26)17-24/h8-12,14,18-20,24,30,37,39H,7,13,15-17,21-23H2,1-6H3,(H,40,41)/t30-/m1/s1. The van der Waals surface area contributed by atoms with E-state index in [9.17, 15) is 23.4 Å². The highest BCUT2D eigenvalue weighted by Gasteiger charge is 2.30. The van der Waals surface area contributed by atoms with E-state index in [-0.39, 0.29) is 36.4 Å². The van der Waals surface area contributed by atoms with E-state index in [0.717, 1.165) is 36.0 Å². The molecule has 9 nitrogen and oxygen atoms in total. The van der Waals surface area contributed by atoms with E-state index in [1.807, 2.05) is 13.0 Å². The van der Waals surface area contributed by atoms with Gasteiger partial charge in [-0.1, -0.05) is 37.3 Å². The van der Waals surface area contributed by atoms with E-state index >= 15 is 0 Å². The Morgan fingerprint density at radius 1 is 1.02 bits per heavy atom. The van der Waals surface area contributed by atoms with Crippen molar-refractivity contribution in [2.75, 3.05) is 34.4 Å². The van der Waals surface area contributed by atoms with Gasteiger partial charge in [-0.25, -0.2) is 8.42 Å². The Morgan fingerprint density at radius 2 is 1.65 bits per heavy atom. The van der Waals surface area contributed by atoms with Crippen LogP contribution >= 0.6 is 0 Å². The normalized spacial score (nSPS) is 14.3. The van der Waals surface area contributed by atoms with Crippen LogP contribution in [0.3, 0.4) is 0 Å². The second kappa shape index (κ2) is 15.0. The number of likely N-dealkylation sites (N-methyl/N-ethyl adjacent to an activating group) is 1. The van der Waals surface area contributed by atoms with E-state index in [0.29, 0.717) is 29.4 Å². The Labute approximate surface area is 273 Å². The number of nitrogens with one attached hydrogen (secondary N) is 1. The zero-order chi connectivity index (χ0) is 33.6. The molecule has 0 radical (unpaired) electrons. The highest BCUT2D eigenvalue weighted by atomic mass is 32.2. The van der Waals surface area contributed by atoms with Gasteiger partial charge in [0.05, 0.1) is 25.2 Å². The van der Waals surface area contributed by atoms with Crippen molar-refractivity contribution in [3.05, 3.63) is 76.9 Å². The number of aryl methyl sites for hydroxylation is 2. The lowest BCUT2D eigenvalue weighted by Crippen LogP contribution is -2.47. The molecule has 46 heavy (non-hydrogen) atoms. The highest BCUT2D eigenvalue weighted by molar-refractivity contribution is 7.89. The molecular weight excluding hydrogens is 604 g/mol. The van der Waals surface area contributed by atoms with E-state index in [1.165, 1.54) is 36.7 Å². The zero-order valence-corrected chi connectivity index (χ0v) is 28.6. The second-order valence-corrected chi connectivity index (χ2v) is 14.9. The van der Waals surface area contributed by atoms with Crippen molar-refractivity contribution in [3.63, 3.8) is 0 Å². The molecule has 0 heterocycles. The van der Waals surface area contributed by atoms with Crippen molar-refractivity contribution in [1.82, 2.24) is 9.62 Å². The first-order chi connectivity index (χ1) is 21.8. The third-order valence-corrected chi connectivity index (χ3v) is 10.8. The number of ether oxygens (including phenoxy) is 2. The summed E-state index contributed by atoms with van der Waals surface area (Å²) in [6.45, 7) is 6.36. The predicted octanol–water partition coefficient (Wildman–Crippen LogP) is 5.11. The van der Waals surface area contributed by atoms with E-state index in [4.69, 9.17) is 9.47 Å². The number of carboxylic acids is 1. The van der Waals surface area contributed by atoms with Crippen LogP contribution in [-0.4, -0.2) is 74.9 Å². The van der Waals surface area contributed by atoms with Crippen molar-refractivity contribution in [2.45, 2.75) is 75.8 Å². The molecule has 1 atom stereocenters. The second-order valence-electron chi connectivity index (χ2n) is 12.9. The lowest BCUT2D eigenvalue weighted by atomic mass is 9.88. The number of carboxylic acid groups (broad SMARTS) is 1. The molecule has 0 spiro atoms. The highest BCUT2D eigenvalue weighted by Crippen LogP contribution is 2.38. The number of methoxy groups -OCH3 is 2. The third-order valence-electron chi connectivity index (χ3n) is 8.88. The summed E-state index contributed by atoms with van der Waals surface area (Å²) in [5.41, 5.74) is 5.48. The largest absolute Gasteiger partial charge is 0.493 e. The van der Waals surface area contributed by atoms with Crippen LogP contribution in [0, 0.1) is 5.92 Å². The number of hydrogen-bond acceptors (Lipinski definition) is 7. The number of aliphatic hydroxyl groups excluding tert-OH is 1. The molecule has 0 saturated carbocycles. The molecule has 10 heteroatoms. The number of sulfonamides is 1. The number of rotatable bonds is 16. The van der Waals surface area contributed by atoms with Gasteiger partial charge in [0.1, 0.15) is 0 Å². The van der Waals surface area contributed by atoms with Crippen LogP contribution in [0.25, 0.3) is 11.1 Å². The minimum Gasteiger partial charge on any atom is -0.493 e. The van der Waals surface area contributed by atoms with Crippen LogP contribution in [0.2, 0.25) is 0 Å². The monoisotopic (exact) mass is 652 g/mol. The van der Waals surface area contributed by atoms with Gasteiger partial charge in [0.15, 0.2) is 11.5 Å². The van der Waals surface area contributed by atoms with Crippen LogP contribution in [0.15, 0.2) is 59.5 Å². The molecule has 0 bridgehead atoms. The summed E-state index contributed by atoms with van der Waals surface area (Å²) in [7, 11) is 0.631. The van der Waals surface area contributed by atoms with Gasteiger partial charge >= 0.3 is 5.97 Å². The van der Waals surface area contributed by atoms with Gasteiger partial charge in [0.25, 0.3) is 0 Å². The summed E-state index contributed by atoms with van der Waals surface area (Å²) in [4.78, 5) is 11.5. The smallest absolute Gasteiger partial charge is 0.303 e. The summed E-state index contributed by atoms with van der Waals surface area (Å²) >= 11 is 0. The molecule has 1 aliphatic rings. The van der Waals surface area contributed by atoms with Gasteiger partial charge < -0.3 is 25.0 Å². The Kier molecular flexibility index (Phi) is 11.5. The molecule has 0 unspecified atom stereocenters. The van der Waals surface area contributed by atoms with Crippen LogP contribution in [0.5, 0.6) is 11.5 Å². The van der Waals surface area contributed by atoms with Crippen molar-refractivity contribution < 1.29 is 32.9 Å². The minimum absolute atomic E-state index is 0.0554. The molecule has 0 saturated heterocycles. The molecule has 0 amide bonds. The maximum atomic E-state index is 13.8. The van der Waals surface area contributed by atoms with Crippen molar-refractivity contribution in [2.24, 2.45) is 5.92 Å². The summed E-state index contributed by atoms with van der Waals surface area (Å²) in [6, 6.07) is 17.3. The molecule has 3 aromatic carbocycles. The maximum Gasteiger partial charge on any atom is 0.303 e. The van der Waals surface area contributed by atoms with Crippen molar-refractivity contribution >= 4 is 16.0 Å². The summed E-state index contributed by atoms with van der Waals surface area (Å²) in [6.07, 6.45) is 2.82. The quantitative estimate of drug-likeness (QED) is 0.195. The Balaban J connectivity index is 1.46. The SMILES string of the molecule is CCc1cc(-c2cc(OC)c(OC)cc2CCC(=O)O)ccc1S(=O)(=O)N(C)C[C@H](O)CNC(C)(C)CC1Cc2ccccc2C1. The first kappa shape index (κ1) is 35.4. The molecule has 1 aliphatic carbocycles. The molecule has 0 aromatic heterocycles. The third kappa shape index (κ3) is 8.47. The van der Waals surface area contributed by atoms with E-state index in [2.05, 4.69) is 43.4 Å². The Morgan fingerprint density at radius 3 is 2.24 bits per heavy atom. The number of benzene rings is 3. The molecule has 0 fully saturated rings. The average molecular weight is 653 g/mol. The molecule has 3 aromatic rings. The van der Waals surface area contributed by atoms with E-state index in [1.54, 1.807) is 24.3 Å². The van der Waals surface area contributed by atoms with Gasteiger partial charge in [-0.3, -0.25) is 4.79 Å². The topological polar surface area (TPSA) is 125 Å². The van der Waals surface area contributed by atoms with Gasteiger partial charge in [0.2, 0.25) is 10.0 Å². The molecule has 250 valence electrons. The summed E-state index contributed by atoms with van der Waals surface area (Å²) in [5, 5.41) is 23.7. The van der Waals surface area contributed by atoms with E-state index < -0.39 is 22.1 Å². The van der Waals surface area contributed by atoms with Crippen LogP contribution < -0.4 is 14.8 Å². The van der Waals surface area contributed by atoms with Crippen LogP contribution in [0.1, 0.15) is 55.9 Å². The molecule has 4 rings (SSSR count). The van der Waals surface area contributed by atoms with Crippen molar-refractivity contribution in [3.8, 4) is 22.6 Å². The molecular formula is C36H48N2O7S. The van der Waals surface area contributed by atoms with Gasteiger partial charge in [-0.05, 0) is 110 Å². The number of aliphatic carboxylic acids is 1. The average Bonchev–Trinajstić information content (AvgIpc) is 3.43. The number of nitrogens with zero attached hydrogens (tertiary/aromatic N) is 1. The predicted molar refractivity (Wildman–Crippen MR) is 180 cm³/mol. The van der Waals surface area contributed by atoms with Crippen LogP contribution in [-0.2, 0) is 40.5 Å². The van der Waals surface area contributed by atoms with Crippen molar-refractivity contribution in [1.29, 1.82) is 0 Å². The maximum absolute atomic E-state index is 13.8. The first-order valence-corrected chi connectivity index (χ1v) is 17.3. The Hall–Kier alpha value is -3.44. The van der Waals surface area contributed by atoms with Gasteiger partial charge in [-0.2, -0.15) is 4.31 Å². The lowest BCUT2D eigenvalue weighted by Gasteiger charge is -2.31. The number of β-amino-alcohol motifs (C(OH)–C–C–N with tert-alkyl or cyclic N) is 1. The van der Waals surface area contributed by atoms with Gasteiger partial charge in [-0.15, -0.1) is 0 Å². The summed E-state index contributed by atoms with van der Waals surface area (Å²) in [5.74, 6) is 0.594. The zero-order valence-electron chi connectivity index (χ0n) is 27.8. The fraction of sp³-hybridized carbons (Fsp3) is 0.472. The number of carbonyl (C=O) groups is 1. The number of aliphatic hydroxyl groups is 1. The molecule has 0 aliphatic heterocycles. The minimum atomic E-state index is -3.91. The summed E-state index contributed by atoms with van der Waals surface area (Å²) < 4.78 is 39.7. The van der Waals surface area contributed by atoms with Crippen LogP contribution in [0.4, 0.5) is 0 Å². The number of hydrogen-bond donors (Lipinski definition) is 3. The van der Waals surface area contributed by atoms with Gasteiger partial charge in [0, 0.05) is 32.1 Å². The lowest BCUT2D eigenvalue weighted by molar-refractivity contribution is -0.136. The molecule has 3 N–H and O–H groups in total. The first-order valence-electron chi connectivity index (χ1n) is 15.8. The Bertz CT molecular complexity index is 1610. The fourth-order valence-corrected chi connectivity index (χ4v) is 8.00.